The van der Waals surface area contributed by atoms with E-state index in [4.69, 9.17) is 4.74 Å². The van der Waals surface area contributed by atoms with Gasteiger partial charge in [0.15, 0.2) is 0 Å². The maximum absolute atomic E-state index is 12.4. The summed E-state index contributed by atoms with van der Waals surface area (Å²) in [6.45, 7) is 4.57. The Bertz CT molecular complexity index is 515. The van der Waals surface area contributed by atoms with E-state index in [1.54, 1.807) is 0 Å². The Morgan fingerprint density at radius 1 is 1.32 bits per heavy atom. The van der Waals surface area contributed by atoms with Crippen LogP contribution in [0.25, 0.3) is 0 Å². The van der Waals surface area contributed by atoms with E-state index < -0.39 is 12.0 Å². The Kier molecular flexibility index (Phi) is 5.55. The van der Waals surface area contributed by atoms with Crippen molar-refractivity contribution in [2.45, 2.75) is 38.8 Å². The summed E-state index contributed by atoms with van der Waals surface area (Å²) < 4.78 is 5.60. The summed E-state index contributed by atoms with van der Waals surface area (Å²) in [6, 6.07) is 8.39. The lowest BCUT2D eigenvalue weighted by molar-refractivity contribution is -0.143. The smallest absolute Gasteiger partial charge is 0.326 e. The molecule has 2 unspecified atom stereocenters. The van der Waals surface area contributed by atoms with Gasteiger partial charge in [-0.25, -0.2) is 4.79 Å². The second-order valence-electron chi connectivity index (χ2n) is 6.06. The third-order valence-electron chi connectivity index (χ3n) is 4.03. The SMILES string of the molecule is CC(C)C1OCCC1C(=O)N[C@@H](Cc1ccccc1)C(=O)O. The molecule has 5 heteroatoms. The molecule has 1 fully saturated rings. The van der Waals surface area contributed by atoms with Crippen LogP contribution < -0.4 is 5.32 Å². The highest BCUT2D eigenvalue weighted by atomic mass is 16.5. The van der Waals surface area contributed by atoms with Crippen LogP contribution in [-0.2, 0) is 20.7 Å². The molecule has 0 aliphatic carbocycles. The predicted octanol–water partition coefficient (Wildman–Crippen LogP) is 1.86. The van der Waals surface area contributed by atoms with Crippen LogP contribution in [0.4, 0.5) is 0 Å². The molecule has 120 valence electrons. The van der Waals surface area contributed by atoms with Crippen molar-refractivity contribution in [3.63, 3.8) is 0 Å². The Labute approximate surface area is 130 Å². The molecule has 1 heterocycles. The minimum atomic E-state index is -1.02. The van der Waals surface area contributed by atoms with Gasteiger partial charge in [0.1, 0.15) is 6.04 Å². The number of aliphatic carboxylic acids is 1. The number of carbonyl (C=O) groups excluding carboxylic acids is 1. The van der Waals surface area contributed by atoms with Gasteiger partial charge in [-0.15, -0.1) is 0 Å². The highest BCUT2D eigenvalue weighted by Gasteiger charge is 2.37. The minimum Gasteiger partial charge on any atom is -0.480 e. The number of carboxylic acid groups (broad SMARTS) is 1. The molecular formula is C17H23NO4. The fraction of sp³-hybridized carbons (Fsp3) is 0.529. The highest BCUT2D eigenvalue weighted by Crippen LogP contribution is 2.27. The third kappa shape index (κ3) is 4.07. The normalized spacial score (nSPS) is 22.5. The van der Waals surface area contributed by atoms with Crippen LogP contribution >= 0.6 is 0 Å². The van der Waals surface area contributed by atoms with E-state index in [1.807, 2.05) is 44.2 Å². The summed E-state index contributed by atoms with van der Waals surface area (Å²) >= 11 is 0. The molecule has 0 spiro atoms. The number of amides is 1. The second kappa shape index (κ2) is 7.40. The van der Waals surface area contributed by atoms with E-state index in [0.29, 0.717) is 13.0 Å². The zero-order chi connectivity index (χ0) is 16.1. The topological polar surface area (TPSA) is 75.6 Å². The van der Waals surface area contributed by atoms with Gasteiger partial charge >= 0.3 is 5.97 Å². The number of ether oxygens (including phenoxy) is 1. The first kappa shape index (κ1) is 16.5. The number of carbonyl (C=O) groups is 2. The van der Waals surface area contributed by atoms with Gasteiger partial charge in [0, 0.05) is 13.0 Å². The van der Waals surface area contributed by atoms with Gasteiger partial charge in [-0.1, -0.05) is 44.2 Å². The summed E-state index contributed by atoms with van der Waals surface area (Å²) in [7, 11) is 0. The molecular weight excluding hydrogens is 282 g/mol. The van der Waals surface area contributed by atoms with Gasteiger partial charge < -0.3 is 15.2 Å². The van der Waals surface area contributed by atoms with Crippen LogP contribution in [0, 0.1) is 11.8 Å². The quantitative estimate of drug-likeness (QED) is 0.841. The molecule has 2 N–H and O–H groups in total. The highest BCUT2D eigenvalue weighted by molar-refractivity contribution is 5.85. The van der Waals surface area contributed by atoms with E-state index in [9.17, 15) is 14.7 Å². The summed E-state index contributed by atoms with van der Waals surface area (Å²) in [6.07, 6.45) is 0.792. The molecule has 3 atom stereocenters. The fourth-order valence-electron chi connectivity index (χ4n) is 2.88. The van der Waals surface area contributed by atoms with Crippen molar-refractivity contribution in [3.05, 3.63) is 35.9 Å². The van der Waals surface area contributed by atoms with Crippen molar-refractivity contribution < 1.29 is 19.4 Å². The number of rotatable bonds is 6. The number of carboxylic acids is 1. The number of benzene rings is 1. The van der Waals surface area contributed by atoms with E-state index in [2.05, 4.69) is 5.32 Å². The minimum absolute atomic E-state index is 0.133. The van der Waals surface area contributed by atoms with Gasteiger partial charge in [0.25, 0.3) is 0 Å². The molecule has 1 aromatic rings. The second-order valence-corrected chi connectivity index (χ2v) is 6.06. The largest absolute Gasteiger partial charge is 0.480 e. The zero-order valence-corrected chi connectivity index (χ0v) is 13.0. The first-order valence-electron chi connectivity index (χ1n) is 7.67. The number of nitrogens with one attached hydrogen (secondary N) is 1. The molecule has 0 bridgehead atoms. The lowest BCUT2D eigenvalue weighted by atomic mass is 9.92. The third-order valence-corrected chi connectivity index (χ3v) is 4.03. The Balaban J connectivity index is 2.01. The van der Waals surface area contributed by atoms with Crippen molar-refractivity contribution in [2.24, 2.45) is 11.8 Å². The molecule has 0 saturated carbocycles. The predicted molar refractivity (Wildman–Crippen MR) is 82.4 cm³/mol. The Morgan fingerprint density at radius 2 is 2.00 bits per heavy atom. The lowest BCUT2D eigenvalue weighted by Crippen LogP contribution is -2.47. The Hall–Kier alpha value is -1.88. The average molecular weight is 305 g/mol. The van der Waals surface area contributed by atoms with Crippen LogP contribution in [-0.4, -0.2) is 35.7 Å². The summed E-state index contributed by atoms with van der Waals surface area (Å²) in [5.74, 6) is -1.27. The van der Waals surface area contributed by atoms with E-state index in [-0.39, 0.29) is 30.3 Å². The molecule has 1 aromatic carbocycles. The van der Waals surface area contributed by atoms with Crippen LogP contribution in [0.5, 0.6) is 0 Å². The maximum Gasteiger partial charge on any atom is 0.326 e. The van der Waals surface area contributed by atoms with Gasteiger partial charge in [-0.05, 0) is 17.9 Å². The molecule has 1 aliphatic heterocycles. The summed E-state index contributed by atoms with van der Waals surface area (Å²) in [5.41, 5.74) is 0.887. The average Bonchev–Trinajstić information content (AvgIpc) is 2.97. The number of hydrogen-bond donors (Lipinski definition) is 2. The molecule has 1 aliphatic rings. The molecule has 1 saturated heterocycles. The maximum atomic E-state index is 12.4. The molecule has 2 rings (SSSR count). The van der Waals surface area contributed by atoms with Gasteiger partial charge in [-0.3, -0.25) is 4.79 Å². The van der Waals surface area contributed by atoms with Gasteiger partial charge in [0.2, 0.25) is 5.91 Å². The Morgan fingerprint density at radius 3 is 2.59 bits per heavy atom. The molecule has 0 radical (unpaired) electrons. The van der Waals surface area contributed by atoms with Crippen LogP contribution in [0.15, 0.2) is 30.3 Å². The van der Waals surface area contributed by atoms with Crippen molar-refractivity contribution >= 4 is 11.9 Å². The first-order valence-corrected chi connectivity index (χ1v) is 7.67. The monoisotopic (exact) mass is 305 g/mol. The molecule has 0 aromatic heterocycles. The van der Waals surface area contributed by atoms with Crippen LogP contribution in [0.3, 0.4) is 0 Å². The van der Waals surface area contributed by atoms with E-state index in [0.717, 1.165) is 5.56 Å². The molecule has 22 heavy (non-hydrogen) atoms. The van der Waals surface area contributed by atoms with E-state index in [1.165, 1.54) is 0 Å². The molecule has 1 amide bonds. The van der Waals surface area contributed by atoms with Crippen LogP contribution in [0.2, 0.25) is 0 Å². The fourth-order valence-corrected chi connectivity index (χ4v) is 2.88. The van der Waals surface area contributed by atoms with Crippen LogP contribution in [0.1, 0.15) is 25.8 Å². The van der Waals surface area contributed by atoms with Crippen molar-refractivity contribution in [2.75, 3.05) is 6.61 Å². The van der Waals surface area contributed by atoms with E-state index >= 15 is 0 Å². The van der Waals surface area contributed by atoms with Crippen molar-refractivity contribution in [1.29, 1.82) is 0 Å². The van der Waals surface area contributed by atoms with Gasteiger partial charge in [-0.2, -0.15) is 0 Å². The van der Waals surface area contributed by atoms with Crippen molar-refractivity contribution in [1.82, 2.24) is 5.32 Å². The first-order chi connectivity index (χ1) is 10.5. The van der Waals surface area contributed by atoms with Gasteiger partial charge in [0.05, 0.1) is 12.0 Å². The standard InChI is InChI=1S/C17H23NO4/c1-11(2)15-13(8-9-22-15)16(19)18-14(17(20)21)10-12-6-4-3-5-7-12/h3-7,11,13-15H,8-10H2,1-2H3,(H,18,19)(H,20,21)/t13?,14-,15?/m0/s1. The molecule has 5 nitrogen and oxygen atoms in total. The zero-order valence-electron chi connectivity index (χ0n) is 13.0. The summed E-state index contributed by atoms with van der Waals surface area (Å²) in [4.78, 5) is 23.8. The number of hydrogen-bond acceptors (Lipinski definition) is 3. The lowest BCUT2D eigenvalue weighted by Gasteiger charge is -2.23. The van der Waals surface area contributed by atoms with Crippen molar-refractivity contribution in [3.8, 4) is 0 Å². The summed E-state index contributed by atoms with van der Waals surface area (Å²) in [5, 5.41) is 12.0.